The summed E-state index contributed by atoms with van der Waals surface area (Å²) in [6, 6.07) is 7.55. The van der Waals surface area contributed by atoms with Crippen LogP contribution in [0.5, 0.6) is 0 Å². The number of ether oxygens (including phenoxy) is 1. The predicted octanol–water partition coefficient (Wildman–Crippen LogP) is 2.70. The number of hydrogen-bond acceptors (Lipinski definition) is 4. The van der Waals surface area contributed by atoms with E-state index in [4.69, 9.17) is 4.74 Å². The number of nitrogens with zero attached hydrogens (tertiary/aromatic N) is 3. The van der Waals surface area contributed by atoms with Crippen LogP contribution in [0.15, 0.2) is 42.9 Å². The number of carbonyl (C=O) groups is 1. The minimum atomic E-state index is -0.382. The van der Waals surface area contributed by atoms with E-state index in [1.807, 2.05) is 44.3 Å². The number of aryl methyl sites for hydroxylation is 2. The Balaban J connectivity index is 1.86. The molecule has 106 valence electrons. The van der Waals surface area contributed by atoms with Gasteiger partial charge >= 0.3 is 5.97 Å². The Morgan fingerprint density at radius 3 is 2.95 bits per heavy atom. The van der Waals surface area contributed by atoms with Gasteiger partial charge in [0.1, 0.15) is 12.3 Å². The van der Waals surface area contributed by atoms with Crippen molar-refractivity contribution in [2.75, 3.05) is 0 Å². The minimum absolute atomic E-state index is 0.200. The minimum Gasteiger partial charge on any atom is -0.456 e. The third-order valence-corrected chi connectivity index (χ3v) is 3.24. The molecule has 0 N–H and O–H groups in total. The Morgan fingerprint density at radius 2 is 2.19 bits per heavy atom. The Labute approximate surface area is 122 Å². The van der Waals surface area contributed by atoms with Crippen molar-refractivity contribution in [3.8, 4) is 0 Å². The fourth-order valence-corrected chi connectivity index (χ4v) is 2.21. The summed E-state index contributed by atoms with van der Waals surface area (Å²) >= 11 is 0. The van der Waals surface area contributed by atoms with Crippen molar-refractivity contribution in [2.45, 2.75) is 20.5 Å². The van der Waals surface area contributed by atoms with Crippen LogP contribution in [0.3, 0.4) is 0 Å². The number of esters is 1. The SMILES string of the molecule is Cc1ccn2c(C(=O)OCc3cccnc3)c(C)nc2c1. The molecule has 0 spiro atoms. The Kier molecular flexibility index (Phi) is 3.39. The van der Waals surface area contributed by atoms with Gasteiger partial charge in [0.2, 0.25) is 0 Å². The maximum absolute atomic E-state index is 12.3. The maximum Gasteiger partial charge on any atom is 0.357 e. The molecule has 0 saturated carbocycles. The van der Waals surface area contributed by atoms with Crippen molar-refractivity contribution < 1.29 is 9.53 Å². The number of fused-ring (bicyclic) bond motifs is 1. The lowest BCUT2D eigenvalue weighted by Gasteiger charge is -2.05. The molecule has 0 fully saturated rings. The first-order valence-electron chi connectivity index (χ1n) is 6.66. The molecule has 0 atom stereocenters. The molecule has 3 rings (SSSR count). The molecule has 0 bridgehead atoms. The first kappa shape index (κ1) is 13.3. The molecule has 5 heteroatoms. The van der Waals surface area contributed by atoms with E-state index >= 15 is 0 Å². The summed E-state index contributed by atoms with van der Waals surface area (Å²) in [5, 5.41) is 0. The van der Waals surface area contributed by atoms with Gasteiger partial charge in [-0.25, -0.2) is 9.78 Å². The van der Waals surface area contributed by atoms with E-state index in [9.17, 15) is 4.79 Å². The van der Waals surface area contributed by atoms with Gasteiger partial charge in [0.25, 0.3) is 0 Å². The Hall–Kier alpha value is -2.69. The van der Waals surface area contributed by atoms with Crippen LogP contribution in [0.4, 0.5) is 0 Å². The zero-order valence-corrected chi connectivity index (χ0v) is 11.9. The lowest BCUT2D eigenvalue weighted by Crippen LogP contribution is -2.10. The van der Waals surface area contributed by atoms with E-state index in [0.29, 0.717) is 11.4 Å². The highest BCUT2D eigenvalue weighted by molar-refractivity contribution is 5.90. The third-order valence-electron chi connectivity index (χ3n) is 3.24. The summed E-state index contributed by atoms with van der Waals surface area (Å²) in [7, 11) is 0. The fraction of sp³-hybridized carbons (Fsp3) is 0.188. The smallest absolute Gasteiger partial charge is 0.357 e. The van der Waals surface area contributed by atoms with E-state index in [0.717, 1.165) is 16.8 Å². The largest absolute Gasteiger partial charge is 0.456 e. The molecule has 21 heavy (non-hydrogen) atoms. The standard InChI is InChI=1S/C16H15N3O2/c1-11-5-7-19-14(8-11)18-12(2)15(19)16(20)21-10-13-4-3-6-17-9-13/h3-9H,10H2,1-2H3. The fourth-order valence-electron chi connectivity index (χ4n) is 2.21. The van der Waals surface area contributed by atoms with Crippen LogP contribution in [0.2, 0.25) is 0 Å². The molecule has 0 amide bonds. The molecule has 0 unspecified atom stereocenters. The number of pyridine rings is 2. The van der Waals surface area contributed by atoms with E-state index in [1.165, 1.54) is 0 Å². The number of imidazole rings is 1. The van der Waals surface area contributed by atoms with Crippen molar-refractivity contribution in [2.24, 2.45) is 0 Å². The lowest BCUT2D eigenvalue weighted by atomic mass is 10.3. The summed E-state index contributed by atoms with van der Waals surface area (Å²) in [6.45, 7) is 4.00. The van der Waals surface area contributed by atoms with E-state index in [1.54, 1.807) is 16.8 Å². The monoisotopic (exact) mass is 281 g/mol. The first-order valence-corrected chi connectivity index (χ1v) is 6.66. The Morgan fingerprint density at radius 1 is 1.33 bits per heavy atom. The zero-order chi connectivity index (χ0) is 14.8. The second kappa shape index (κ2) is 5.36. The molecule has 0 aliphatic heterocycles. The van der Waals surface area contributed by atoms with E-state index in [2.05, 4.69) is 9.97 Å². The highest BCUT2D eigenvalue weighted by Gasteiger charge is 2.18. The number of hydrogen-bond donors (Lipinski definition) is 0. The number of aromatic nitrogens is 3. The van der Waals surface area contributed by atoms with Crippen LogP contribution in [0, 0.1) is 13.8 Å². The van der Waals surface area contributed by atoms with Crippen molar-refractivity contribution >= 4 is 11.6 Å². The summed E-state index contributed by atoms with van der Waals surface area (Å²) < 4.78 is 7.11. The van der Waals surface area contributed by atoms with Crippen molar-refractivity contribution in [1.29, 1.82) is 0 Å². The average molecular weight is 281 g/mol. The van der Waals surface area contributed by atoms with Crippen LogP contribution in [-0.2, 0) is 11.3 Å². The molecule has 0 aliphatic rings. The maximum atomic E-state index is 12.3. The van der Waals surface area contributed by atoms with Crippen LogP contribution >= 0.6 is 0 Å². The van der Waals surface area contributed by atoms with Gasteiger partial charge in [-0.3, -0.25) is 9.38 Å². The summed E-state index contributed by atoms with van der Waals surface area (Å²) in [4.78, 5) is 20.7. The molecule has 0 radical (unpaired) electrons. The first-order chi connectivity index (χ1) is 10.1. The number of carbonyl (C=O) groups excluding carboxylic acids is 1. The third kappa shape index (κ3) is 2.63. The van der Waals surface area contributed by atoms with Gasteiger partial charge in [-0.2, -0.15) is 0 Å². The van der Waals surface area contributed by atoms with Gasteiger partial charge in [-0.15, -0.1) is 0 Å². The molecule has 3 aromatic rings. The highest BCUT2D eigenvalue weighted by Crippen LogP contribution is 2.15. The van der Waals surface area contributed by atoms with E-state index in [-0.39, 0.29) is 12.6 Å². The van der Waals surface area contributed by atoms with Crippen molar-refractivity contribution in [3.05, 3.63) is 65.4 Å². The average Bonchev–Trinajstić information content (AvgIpc) is 2.81. The quantitative estimate of drug-likeness (QED) is 0.693. The van der Waals surface area contributed by atoms with Crippen molar-refractivity contribution in [3.63, 3.8) is 0 Å². The van der Waals surface area contributed by atoms with Gasteiger partial charge in [0.05, 0.1) is 5.69 Å². The molecule has 0 aromatic carbocycles. The lowest BCUT2D eigenvalue weighted by molar-refractivity contribution is 0.0463. The predicted molar refractivity (Wildman–Crippen MR) is 78.0 cm³/mol. The summed E-state index contributed by atoms with van der Waals surface area (Å²) in [6.07, 6.45) is 5.20. The number of rotatable bonds is 3. The van der Waals surface area contributed by atoms with Crippen LogP contribution in [0.1, 0.15) is 27.3 Å². The van der Waals surface area contributed by atoms with Gasteiger partial charge in [0.15, 0.2) is 5.69 Å². The highest BCUT2D eigenvalue weighted by atomic mass is 16.5. The van der Waals surface area contributed by atoms with Gasteiger partial charge in [0, 0.05) is 24.2 Å². The van der Waals surface area contributed by atoms with Crippen LogP contribution in [-0.4, -0.2) is 20.3 Å². The van der Waals surface area contributed by atoms with Crippen molar-refractivity contribution in [1.82, 2.24) is 14.4 Å². The Bertz CT molecular complexity index is 794. The molecular formula is C16H15N3O2. The normalized spacial score (nSPS) is 10.8. The topological polar surface area (TPSA) is 56.5 Å². The van der Waals surface area contributed by atoms with Gasteiger partial charge < -0.3 is 4.74 Å². The molecule has 0 saturated heterocycles. The second-order valence-electron chi connectivity index (χ2n) is 4.92. The van der Waals surface area contributed by atoms with Crippen LogP contribution < -0.4 is 0 Å². The molecule has 5 nitrogen and oxygen atoms in total. The molecule has 3 aromatic heterocycles. The molecular weight excluding hydrogens is 266 g/mol. The second-order valence-corrected chi connectivity index (χ2v) is 4.92. The molecule has 0 aliphatic carbocycles. The van der Waals surface area contributed by atoms with Gasteiger partial charge in [-0.05, 0) is 37.6 Å². The van der Waals surface area contributed by atoms with Gasteiger partial charge in [-0.1, -0.05) is 6.07 Å². The zero-order valence-electron chi connectivity index (χ0n) is 11.9. The molecule has 3 heterocycles. The summed E-state index contributed by atoms with van der Waals surface area (Å²) in [5.41, 5.74) is 3.84. The van der Waals surface area contributed by atoms with E-state index < -0.39 is 0 Å². The summed E-state index contributed by atoms with van der Waals surface area (Å²) in [5.74, 6) is -0.382. The van der Waals surface area contributed by atoms with Crippen LogP contribution in [0.25, 0.3) is 5.65 Å².